The molecule has 192 valence electrons. The lowest BCUT2D eigenvalue weighted by Gasteiger charge is -2.32. The van der Waals surface area contributed by atoms with Crippen LogP contribution in [0.15, 0.2) is 59.9 Å². The van der Waals surface area contributed by atoms with Gasteiger partial charge in [-0.2, -0.15) is 0 Å². The molecule has 1 saturated heterocycles. The minimum absolute atomic E-state index is 0.155. The second-order valence-corrected chi connectivity index (χ2v) is 9.61. The Morgan fingerprint density at radius 2 is 1.89 bits per heavy atom. The minimum Gasteiger partial charge on any atom is -0.396 e. The smallest absolute Gasteiger partial charge is 0.231 e. The fourth-order valence-corrected chi connectivity index (χ4v) is 5.07. The number of anilines is 1. The van der Waals surface area contributed by atoms with E-state index >= 15 is 0 Å². The number of rotatable bonds is 7. The van der Waals surface area contributed by atoms with Crippen molar-refractivity contribution < 1.29 is 18.4 Å². The molecule has 0 atom stereocenters. The van der Waals surface area contributed by atoms with Gasteiger partial charge in [-0.15, -0.1) is 0 Å². The van der Waals surface area contributed by atoms with Crippen LogP contribution in [0.1, 0.15) is 53.6 Å². The molecule has 8 heteroatoms. The number of oxime groups is 1. The number of likely N-dealkylation sites (N-methyl/N-ethyl adjacent to an activating group) is 1. The Bertz CT molecular complexity index is 1320. The number of nitrogens with zero attached hydrogens (tertiary/aromatic N) is 4. The first-order valence-corrected chi connectivity index (χ1v) is 12.7. The first kappa shape index (κ1) is 25.0. The first-order valence-electron chi connectivity index (χ1n) is 12.7. The van der Waals surface area contributed by atoms with E-state index in [2.05, 4.69) is 33.2 Å². The van der Waals surface area contributed by atoms with Crippen LogP contribution in [0.2, 0.25) is 0 Å². The van der Waals surface area contributed by atoms with Crippen molar-refractivity contribution in [2.75, 3.05) is 31.6 Å². The number of fused-ring (bicyclic) bond motifs is 1. The molecule has 0 saturated carbocycles. The van der Waals surface area contributed by atoms with E-state index in [9.17, 15) is 13.6 Å². The minimum atomic E-state index is -0.942. The summed E-state index contributed by atoms with van der Waals surface area (Å²) in [5.41, 5.74) is 5.83. The van der Waals surface area contributed by atoms with Crippen LogP contribution in [0, 0.1) is 11.6 Å². The molecule has 0 bridgehead atoms. The molecular weight excluding hydrogens is 474 g/mol. The van der Waals surface area contributed by atoms with Crippen LogP contribution in [0.25, 0.3) is 0 Å². The Hall–Kier alpha value is -3.65. The van der Waals surface area contributed by atoms with E-state index in [0.717, 1.165) is 61.4 Å². The Morgan fingerprint density at radius 3 is 2.59 bits per heavy atom. The maximum atomic E-state index is 13.8. The average molecular weight is 505 g/mol. The molecule has 2 aliphatic heterocycles. The molecule has 0 unspecified atom stereocenters. The summed E-state index contributed by atoms with van der Waals surface area (Å²) in [5, 5.41) is 4.10. The summed E-state index contributed by atoms with van der Waals surface area (Å²) in [7, 11) is 1.85. The number of aromatic nitrogens is 1. The molecule has 2 aliphatic rings. The highest BCUT2D eigenvalue weighted by molar-refractivity contribution is 6.11. The first-order chi connectivity index (χ1) is 17.9. The largest absolute Gasteiger partial charge is 0.396 e. The molecular formula is C29H30F2N4O2. The molecule has 3 heterocycles. The van der Waals surface area contributed by atoms with Gasteiger partial charge in [-0.1, -0.05) is 23.4 Å². The summed E-state index contributed by atoms with van der Waals surface area (Å²) in [5.74, 6) is -1.21. The number of hydrogen-bond acceptors (Lipinski definition) is 5. The van der Waals surface area contributed by atoms with Crippen LogP contribution in [-0.2, 0) is 22.6 Å². The summed E-state index contributed by atoms with van der Waals surface area (Å²) < 4.78 is 27.2. The Labute approximate surface area is 215 Å². The second kappa shape index (κ2) is 10.8. The van der Waals surface area contributed by atoms with Crippen molar-refractivity contribution >= 4 is 17.3 Å². The predicted molar refractivity (Wildman–Crippen MR) is 139 cm³/mol. The van der Waals surface area contributed by atoms with Crippen LogP contribution < -0.4 is 4.90 Å². The summed E-state index contributed by atoms with van der Waals surface area (Å²) in [6, 6.07) is 13.9. The van der Waals surface area contributed by atoms with Crippen molar-refractivity contribution in [3.63, 3.8) is 0 Å². The predicted octanol–water partition coefficient (Wildman–Crippen LogP) is 5.05. The lowest BCUT2D eigenvalue weighted by molar-refractivity contribution is -0.117. The number of halogens is 2. The van der Waals surface area contributed by atoms with Gasteiger partial charge < -0.3 is 9.74 Å². The highest BCUT2D eigenvalue weighted by atomic mass is 19.2. The third kappa shape index (κ3) is 5.39. The van der Waals surface area contributed by atoms with Gasteiger partial charge in [0.05, 0.1) is 12.1 Å². The van der Waals surface area contributed by atoms with Gasteiger partial charge in [0, 0.05) is 31.0 Å². The van der Waals surface area contributed by atoms with Gasteiger partial charge in [0.2, 0.25) is 5.91 Å². The van der Waals surface area contributed by atoms with Gasteiger partial charge in [-0.05, 0) is 85.8 Å². The molecule has 0 N–H and O–H groups in total. The van der Waals surface area contributed by atoms with E-state index in [1.165, 1.54) is 11.6 Å². The summed E-state index contributed by atoms with van der Waals surface area (Å²) in [6.07, 6.45) is 4.42. The van der Waals surface area contributed by atoms with Crippen LogP contribution in [-0.4, -0.2) is 48.2 Å². The Kier molecular flexibility index (Phi) is 7.28. The fourth-order valence-electron chi connectivity index (χ4n) is 5.07. The second-order valence-electron chi connectivity index (χ2n) is 9.61. The number of piperidine rings is 1. The third-order valence-electron chi connectivity index (χ3n) is 7.20. The van der Waals surface area contributed by atoms with Crippen molar-refractivity contribution in [2.45, 2.75) is 38.6 Å². The van der Waals surface area contributed by atoms with Gasteiger partial charge in [-0.25, -0.2) is 8.78 Å². The monoisotopic (exact) mass is 504 g/mol. The van der Waals surface area contributed by atoms with Crippen molar-refractivity contribution in [1.82, 2.24) is 9.88 Å². The molecule has 6 nitrogen and oxygen atoms in total. The van der Waals surface area contributed by atoms with Crippen LogP contribution in [0.4, 0.5) is 14.5 Å². The molecule has 1 fully saturated rings. The van der Waals surface area contributed by atoms with Gasteiger partial charge >= 0.3 is 0 Å². The maximum Gasteiger partial charge on any atom is 0.231 e. The van der Waals surface area contributed by atoms with Gasteiger partial charge in [0.25, 0.3) is 0 Å². The highest BCUT2D eigenvalue weighted by Crippen LogP contribution is 2.35. The number of likely N-dealkylation sites (tertiary alicyclic amines) is 1. The van der Waals surface area contributed by atoms with E-state index in [1.807, 2.05) is 19.2 Å². The molecule has 0 radical (unpaired) electrons. The van der Waals surface area contributed by atoms with Crippen molar-refractivity contribution in [3.8, 4) is 0 Å². The van der Waals surface area contributed by atoms with Gasteiger partial charge in [0.1, 0.15) is 12.3 Å². The zero-order valence-corrected chi connectivity index (χ0v) is 21.1. The molecule has 0 aliphatic carbocycles. The normalized spacial score (nSPS) is 16.8. The van der Waals surface area contributed by atoms with E-state index in [-0.39, 0.29) is 5.91 Å². The number of carbonyl (C=O) groups excluding carboxylic acids is 1. The molecule has 0 spiro atoms. The van der Waals surface area contributed by atoms with Crippen LogP contribution in [0.5, 0.6) is 0 Å². The molecule has 1 amide bonds. The van der Waals surface area contributed by atoms with Crippen molar-refractivity contribution in [1.29, 1.82) is 0 Å². The average Bonchev–Trinajstić information content (AvgIpc) is 3.20. The number of amides is 1. The van der Waals surface area contributed by atoms with E-state index < -0.39 is 11.6 Å². The van der Waals surface area contributed by atoms with Crippen LogP contribution in [0.3, 0.4) is 0 Å². The van der Waals surface area contributed by atoms with E-state index in [0.29, 0.717) is 35.9 Å². The number of benzene rings is 2. The summed E-state index contributed by atoms with van der Waals surface area (Å²) in [4.78, 5) is 26.0. The number of pyridine rings is 1. The SMILES string of the molecule is CCON=C(c1ccc(F)c(F)c1)c1ccc(CN2CCC(c3ccc4c(c3)N(C)C(=O)C4)CC2)cn1. The maximum absolute atomic E-state index is 13.8. The Morgan fingerprint density at radius 1 is 1.08 bits per heavy atom. The molecule has 1 aromatic heterocycles. The summed E-state index contributed by atoms with van der Waals surface area (Å²) >= 11 is 0. The third-order valence-corrected chi connectivity index (χ3v) is 7.20. The van der Waals surface area contributed by atoms with Crippen molar-refractivity contribution in [2.24, 2.45) is 5.16 Å². The van der Waals surface area contributed by atoms with Crippen LogP contribution >= 0.6 is 0 Å². The van der Waals surface area contributed by atoms with E-state index in [1.54, 1.807) is 18.0 Å². The molecule has 5 rings (SSSR count). The lowest BCUT2D eigenvalue weighted by atomic mass is 9.88. The number of hydrogen-bond donors (Lipinski definition) is 0. The molecule has 2 aromatic carbocycles. The zero-order valence-electron chi connectivity index (χ0n) is 21.1. The topological polar surface area (TPSA) is 58.0 Å². The lowest BCUT2D eigenvalue weighted by Crippen LogP contribution is -2.32. The highest BCUT2D eigenvalue weighted by Gasteiger charge is 2.27. The quantitative estimate of drug-likeness (QED) is 0.334. The van der Waals surface area contributed by atoms with E-state index in [4.69, 9.17) is 4.84 Å². The summed E-state index contributed by atoms with van der Waals surface area (Å²) in [6.45, 7) is 4.89. The molecule has 3 aromatic rings. The van der Waals surface area contributed by atoms with Gasteiger partial charge in [0.15, 0.2) is 11.6 Å². The Balaban J connectivity index is 1.22. The number of carbonyl (C=O) groups is 1. The van der Waals surface area contributed by atoms with Gasteiger partial charge in [-0.3, -0.25) is 14.7 Å². The van der Waals surface area contributed by atoms with Crippen molar-refractivity contribution in [3.05, 3.63) is 94.3 Å². The zero-order chi connectivity index (χ0) is 25.9. The standard InChI is InChI=1S/C29H30F2N4O2/c1-3-37-33-29(23-7-8-24(30)25(31)14-23)26-9-4-19(17-32-26)18-35-12-10-20(11-13-35)21-5-6-22-16-28(36)34(2)27(22)15-21/h4-9,14-15,17,20H,3,10-13,16,18H2,1-2H3. The molecule has 37 heavy (non-hydrogen) atoms. The fraction of sp³-hybridized carbons (Fsp3) is 0.345.